The number of benzene rings is 3. The quantitative estimate of drug-likeness (QED) is 0.161. The Labute approximate surface area is 368 Å². The highest BCUT2D eigenvalue weighted by Crippen LogP contribution is 2.44. The summed E-state index contributed by atoms with van der Waals surface area (Å²) in [5, 5.41) is 15.3. The first-order chi connectivity index (χ1) is 29.8. The maximum Gasteiger partial charge on any atom is 0.251 e. The number of aldehydes is 1. The summed E-state index contributed by atoms with van der Waals surface area (Å²) in [6, 6.07) is 20.8. The minimum absolute atomic E-state index is 0.0756. The normalized spacial score (nSPS) is 19.8. The van der Waals surface area contributed by atoms with Gasteiger partial charge in [-0.1, -0.05) is 44.2 Å². The van der Waals surface area contributed by atoms with Gasteiger partial charge in [-0.15, -0.1) is 0 Å². The van der Waals surface area contributed by atoms with E-state index < -0.39 is 5.41 Å². The summed E-state index contributed by atoms with van der Waals surface area (Å²) in [6.07, 6.45) is 8.00. The number of para-hydroxylation sites is 3. The number of imide groups is 1. The van der Waals surface area contributed by atoms with Gasteiger partial charge in [0.2, 0.25) is 11.8 Å². The number of aromatic hydroxyl groups is 1. The molecule has 0 radical (unpaired) electrons. The molecule has 3 N–H and O–H groups in total. The van der Waals surface area contributed by atoms with E-state index in [9.17, 15) is 24.3 Å². The molecule has 0 bridgehead atoms. The van der Waals surface area contributed by atoms with Gasteiger partial charge in [0, 0.05) is 101 Å². The summed E-state index contributed by atoms with van der Waals surface area (Å²) in [5.41, 5.74) is 4.19. The van der Waals surface area contributed by atoms with Crippen molar-refractivity contribution in [1.82, 2.24) is 25.3 Å². The molecule has 3 aromatic carbocycles. The van der Waals surface area contributed by atoms with Gasteiger partial charge in [-0.2, -0.15) is 0 Å². The number of phenols is 1. The Bertz CT molecular complexity index is 1950. The lowest BCUT2D eigenvalue weighted by molar-refractivity contribution is -0.133. The number of rotatable bonds is 11. The molecule has 5 aliphatic rings. The smallest absolute Gasteiger partial charge is 0.251 e. The Balaban J connectivity index is 0.000000181. The third-order valence-corrected chi connectivity index (χ3v) is 13.3. The van der Waals surface area contributed by atoms with Crippen LogP contribution in [0, 0.1) is 17.3 Å². The van der Waals surface area contributed by atoms with E-state index in [0.29, 0.717) is 31.5 Å². The third-order valence-electron chi connectivity index (χ3n) is 13.3. The molecule has 62 heavy (non-hydrogen) atoms. The SMILES string of the molecule is CN1CCC(CN2CCN(CC3CCN(c4ccc5c(c4)CNC5=O)CC3)CC2)CC1.COc1ccccc1C(N(C)c1ccccc1O)C(C)(C)C=O.O=C1CCCC(=O)N1. The number of likely N-dealkylation sites (tertiary alicyclic amines) is 1. The molecule has 3 amide bonds. The zero-order valence-electron chi connectivity index (χ0n) is 37.6. The van der Waals surface area contributed by atoms with Gasteiger partial charge in [-0.05, 0) is 106 Å². The number of anilines is 2. The molecule has 4 fully saturated rings. The van der Waals surface area contributed by atoms with Gasteiger partial charge >= 0.3 is 0 Å². The number of methoxy groups -OCH3 is 1. The lowest BCUT2D eigenvalue weighted by Gasteiger charge is -2.41. The molecule has 13 nitrogen and oxygen atoms in total. The van der Waals surface area contributed by atoms with Gasteiger partial charge in [-0.25, -0.2) is 0 Å². The number of piperidine rings is 3. The van der Waals surface area contributed by atoms with Crippen molar-refractivity contribution in [3.63, 3.8) is 0 Å². The van der Waals surface area contributed by atoms with Crippen molar-refractivity contribution in [2.45, 2.75) is 71.4 Å². The largest absolute Gasteiger partial charge is 0.506 e. The van der Waals surface area contributed by atoms with Crippen molar-refractivity contribution in [1.29, 1.82) is 0 Å². The summed E-state index contributed by atoms with van der Waals surface area (Å²) in [5.74, 6) is 2.44. The highest BCUT2D eigenvalue weighted by Gasteiger charge is 2.37. The molecule has 8 rings (SSSR count). The lowest BCUT2D eigenvalue weighted by atomic mass is 9.80. The van der Waals surface area contributed by atoms with Crippen LogP contribution in [-0.2, 0) is 20.9 Å². The Morgan fingerprint density at radius 3 is 1.97 bits per heavy atom. The van der Waals surface area contributed by atoms with Crippen molar-refractivity contribution < 1.29 is 29.0 Å². The van der Waals surface area contributed by atoms with Crippen molar-refractivity contribution in [2.24, 2.45) is 17.3 Å². The number of hydrogen-bond acceptors (Lipinski definition) is 11. The van der Waals surface area contributed by atoms with Crippen LogP contribution < -0.4 is 25.2 Å². The molecule has 0 spiro atoms. The molecule has 1 atom stereocenters. The molecule has 5 heterocycles. The number of hydrogen-bond donors (Lipinski definition) is 3. The maximum atomic E-state index is 11.8. The van der Waals surface area contributed by atoms with E-state index in [1.807, 2.05) is 68.3 Å². The lowest BCUT2D eigenvalue weighted by Crippen LogP contribution is -2.50. The minimum atomic E-state index is -0.675. The molecule has 3 aromatic rings. The Morgan fingerprint density at radius 1 is 0.823 bits per heavy atom. The fraction of sp³-hybridized carbons (Fsp3) is 0.551. The number of fused-ring (bicyclic) bond motifs is 1. The molecule has 0 saturated carbocycles. The predicted octanol–water partition coefficient (Wildman–Crippen LogP) is 5.72. The molecule has 0 aromatic heterocycles. The van der Waals surface area contributed by atoms with E-state index in [4.69, 9.17) is 4.74 Å². The molecule has 336 valence electrons. The average Bonchev–Trinajstić information content (AvgIpc) is 3.65. The molecule has 5 aliphatic heterocycles. The molecule has 1 unspecified atom stereocenters. The summed E-state index contributed by atoms with van der Waals surface area (Å²) < 4.78 is 5.48. The Morgan fingerprint density at radius 2 is 1.40 bits per heavy atom. The summed E-state index contributed by atoms with van der Waals surface area (Å²) in [7, 11) is 5.74. The zero-order chi connectivity index (χ0) is 44.2. The number of amides is 3. The van der Waals surface area contributed by atoms with Crippen molar-refractivity contribution >= 4 is 35.4 Å². The molecule has 13 heteroatoms. The Kier molecular flexibility index (Phi) is 16.4. The van der Waals surface area contributed by atoms with Crippen LogP contribution in [0.5, 0.6) is 11.5 Å². The average molecular weight is 852 g/mol. The fourth-order valence-corrected chi connectivity index (χ4v) is 9.58. The number of nitrogens with one attached hydrogen (secondary N) is 2. The van der Waals surface area contributed by atoms with E-state index in [-0.39, 0.29) is 29.5 Å². The second-order valence-electron chi connectivity index (χ2n) is 18.3. The number of phenolic OH excluding ortho intramolecular Hbond substituents is 1. The molecular weight excluding hydrogens is 783 g/mol. The maximum absolute atomic E-state index is 11.8. The van der Waals surface area contributed by atoms with E-state index in [0.717, 1.165) is 53.7 Å². The first-order valence-corrected chi connectivity index (χ1v) is 22.6. The van der Waals surface area contributed by atoms with Gasteiger partial charge in [0.05, 0.1) is 18.8 Å². The number of nitrogens with zero attached hydrogens (tertiary/aromatic N) is 5. The third kappa shape index (κ3) is 12.4. The van der Waals surface area contributed by atoms with E-state index in [1.165, 1.54) is 83.7 Å². The number of ether oxygens (including phenoxy) is 1. The van der Waals surface area contributed by atoms with Crippen LogP contribution in [0.25, 0.3) is 0 Å². The van der Waals surface area contributed by atoms with Gasteiger partial charge in [-0.3, -0.25) is 19.7 Å². The van der Waals surface area contributed by atoms with Gasteiger partial charge in [0.25, 0.3) is 5.91 Å². The predicted molar refractivity (Wildman–Crippen MR) is 245 cm³/mol. The van der Waals surface area contributed by atoms with Crippen LogP contribution in [-0.4, -0.2) is 130 Å². The van der Waals surface area contributed by atoms with Crippen LogP contribution >= 0.6 is 0 Å². The molecular formula is C49H69N7O6. The number of piperazine rings is 1. The van der Waals surface area contributed by atoms with Crippen LogP contribution in [0.2, 0.25) is 0 Å². The summed E-state index contributed by atoms with van der Waals surface area (Å²) >= 11 is 0. The Hall–Kier alpha value is -4.98. The van der Waals surface area contributed by atoms with Crippen molar-refractivity contribution in [2.75, 3.05) is 96.5 Å². The number of carbonyl (C=O) groups is 4. The van der Waals surface area contributed by atoms with Crippen LogP contribution in [0.4, 0.5) is 11.4 Å². The number of carbonyl (C=O) groups excluding carboxylic acids is 4. The topological polar surface area (TPSA) is 138 Å². The molecule has 4 saturated heterocycles. The monoisotopic (exact) mass is 852 g/mol. The van der Waals surface area contributed by atoms with Crippen LogP contribution in [0.15, 0.2) is 66.7 Å². The van der Waals surface area contributed by atoms with Gasteiger partial charge in [0.15, 0.2) is 0 Å². The second-order valence-corrected chi connectivity index (χ2v) is 18.3. The first-order valence-electron chi connectivity index (χ1n) is 22.6. The van der Waals surface area contributed by atoms with E-state index in [1.54, 1.807) is 19.2 Å². The summed E-state index contributed by atoms with van der Waals surface area (Å²) in [6.45, 7) is 16.9. The standard InChI is InChI=1S/C25H39N5O.C19H23NO3.C5H7NO2/c1-27-8-4-20(5-9-27)18-28-12-14-29(15-13-28)19-21-6-10-30(11-7-21)23-2-3-24-22(16-23)17-26-25(24)31;1-19(2,13-21)18(14-9-5-8-12-17(14)23-4)20(3)15-10-6-7-11-16(15)22;7-4-2-1-3-5(8)6-4/h2-3,16,20-21H,4-15,17-19H2,1H3,(H,26,31);5-13,18,22H,1-4H3;1-3H2,(H,6,7,8). The highest BCUT2D eigenvalue weighted by atomic mass is 16.5. The fourth-order valence-electron chi connectivity index (χ4n) is 9.58. The van der Waals surface area contributed by atoms with E-state index in [2.05, 4.69) is 49.4 Å². The van der Waals surface area contributed by atoms with Crippen molar-refractivity contribution in [3.05, 3.63) is 83.4 Å². The van der Waals surface area contributed by atoms with Gasteiger partial charge in [0.1, 0.15) is 17.8 Å². The van der Waals surface area contributed by atoms with Crippen LogP contribution in [0.1, 0.15) is 86.3 Å². The van der Waals surface area contributed by atoms with Crippen LogP contribution in [0.3, 0.4) is 0 Å². The second kappa shape index (κ2) is 21.9. The minimum Gasteiger partial charge on any atom is -0.506 e. The summed E-state index contributed by atoms with van der Waals surface area (Å²) in [4.78, 5) is 56.5. The first kappa shape index (κ1) is 46.5. The zero-order valence-corrected chi connectivity index (χ0v) is 37.6. The van der Waals surface area contributed by atoms with Gasteiger partial charge < -0.3 is 44.5 Å². The van der Waals surface area contributed by atoms with Crippen molar-refractivity contribution in [3.8, 4) is 11.5 Å². The van der Waals surface area contributed by atoms with E-state index >= 15 is 0 Å². The highest BCUT2D eigenvalue weighted by molar-refractivity contribution is 5.99. The molecule has 0 aliphatic carbocycles.